The Labute approximate surface area is 173 Å². The van der Waals surface area contributed by atoms with Gasteiger partial charge in [-0.15, -0.1) is 0 Å². The van der Waals surface area contributed by atoms with E-state index >= 15 is 0 Å². The van der Waals surface area contributed by atoms with Crippen LogP contribution in [0.5, 0.6) is 0 Å². The highest BCUT2D eigenvalue weighted by Gasteiger charge is 2.36. The number of nitrogens with two attached hydrogens (primary N) is 1. The van der Waals surface area contributed by atoms with E-state index in [1.165, 1.54) is 0 Å². The summed E-state index contributed by atoms with van der Waals surface area (Å²) >= 11 is 0. The van der Waals surface area contributed by atoms with Crippen LogP contribution < -0.4 is 10.6 Å². The summed E-state index contributed by atoms with van der Waals surface area (Å²) in [6, 6.07) is 12.6. The Hall–Kier alpha value is -3.23. The molecule has 0 aliphatic carbocycles. The lowest BCUT2D eigenvalue weighted by Crippen LogP contribution is -2.59. The first-order valence-electron chi connectivity index (χ1n) is 10.2. The number of nitrogen functional groups attached to an aromatic ring is 1. The van der Waals surface area contributed by atoms with E-state index in [2.05, 4.69) is 25.8 Å². The van der Waals surface area contributed by atoms with Gasteiger partial charge >= 0.3 is 0 Å². The number of anilines is 2. The van der Waals surface area contributed by atoms with Crippen LogP contribution in [-0.2, 0) is 0 Å². The van der Waals surface area contributed by atoms with Crippen molar-refractivity contribution in [1.29, 1.82) is 0 Å². The lowest BCUT2D eigenvalue weighted by Gasteiger charge is -2.44. The van der Waals surface area contributed by atoms with Gasteiger partial charge in [-0.2, -0.15) is 4.98 Å². The van der Waals surface area contributed by atoms with Crippen LogP contribution in [0.4, 0.5) is 11.8 Å². The zero-order valence-corrected chi connectivity index (χ0v) is 16.4. The highest BCUT2D eigenvalue weighted by atomic mass is 16.4. The van der Waals surface area contributed by atoms with Crippen molar-refractivity contribution in [3.8, 4) is 11.1 Å². The molecule has 2 aromatic heterocycles. The van der Waals surface area contributed by atoms with E-state index in [1.807, 2.05) is 36.5 Å². The number of aliphatic hydroxyl groups is 1. The van der Waals surface area contributed by atoms with Gasteiger partial charge in [0.05, 0.1) is 23.3 Å². The number of hydrogen-bond acceptors (Lipinski definition) is 8. The minimum Gasteiger partial charge on any atom is -0.424 e. The van der Waals surface area contributed by atoms with Gasteiger partial charge in [0.25, 0.3) is 6.01 Å². The fourth-order valence-corrected chi connectivity index (χ4v) is 4.43. The summed E-state index contributed by atoms with van der Waals surface area (Å²) in [5, 5.41) is 9.76. The number of oxazole rings is 1. The van der Waals surface area contributed by atoms with Crippen molar-refractivity contribution in [3.05, 3.63) is 42.6 Å². The predicted octanol–water partition coefficient (Wildman–Crippen LogP) is 2.28. The Morgan fingerprint density at radius 1 is 0.967 bits per heavy atom. The maximum absolute atomic E-state index is 9.76. The zero-order chi connectivity index (χ0) is 20.2. The maximum Gasteiger partial charge on any atom is 0.292 e. The van der Waals surface area contributed by atoms with Crippen LogP contribution in [0.1, 0.15) is 6.42 Å². The van der Waals surface area contributed by atoms with Gasteiger partial charge in [0.15, 0.2) is 5.58 Å². The standard InChI is InChI=1S/C22H22N6O2/c23-22-26-19-8-14(2-4-20(19)30-22)13-1-3-17-18(7-13)25-21(9-24-17)28-10-15(11-28)27-6-5-16(29)12-27/h1-4,7-9,15-16,29H,5-6,10-12H2,(H2,23,26). The van der Waals surface area contributed by atoms with Crippen molar-refractivity contribution in [2.45, 2.75) is 18.6 Å². The zero-order valence-electron chi connectivity index (χ0n) is 16.4. The van der Waals surface area contributed by atoms with E-state index in [9.17, 15) is 5.11 Å². The largest absolute Gasteiger partial charge is 0.424 e. The number of fused-ring (bicyclic) bond motifs is 2. The number of likely N-dealkylation sites (tertiary alicyclic amines) is 1. The summed E-state index contributed by atoms with van der Waals surface area (Å²) in [4.78, 5) is 18.3. The number of rotatable bonds is 3. The quantitative estimate of drug-likeness (QED) is 0.538. The molecule has 2 aliphatic heterocycles. The number of benzene rings is 2. The topological polar surface area (TPSA) is 105 Å². The summed E-state index contributed by atoms with van der Waals surface area (Å²) in [5.41, 5.74) is 10.9. The maximum atomic E-state index is 9.76. The van der Waals surface area contributed by atoms with Crippen molar-refractivity contribution in [2.24, 2.45) is 0 Å². The fraction of sp³-hybridized carbons (Fsp3) is 0.318. The molecule has 4 aromatic rings. The first-order valence-corrected chi connectivity index (χ1v) is 10.2. The molecule has 2 aliphatic rings. The van der Waals surface area contributed by atoms with E-state index in [-0.39, 0.29) is 12.1 Å². The van der Waals surface area contributed by atoms with E-state index < -0.39 is 0 Å². The van der Waals surface area contributed by atoms with Crippen molar-refractivity contribution < 1.29 is 9.52 Å². The molecule has 0 saturated carbocycles. The third-order valence-electron chi connectivity index (χ3n) is 6.16. The molecule has 8 nitrogen and oxygen atoms in total. The average Bonchev–Trinajstić information content (AvgIpc) is 3.30. The van der Waals surface area contributed by atoms with Gasteiger partial charge in [-0.05, 0) is 41.8 Å². The van der Waals surface area contributed by atoms with Crippen LogP contribution in [0, 0.1) is 0 Å². The lowest BCUT2D eigenvalue weighted by molar-refractivity contribution is 0.147. The van der Waals surface area contributed by atoms with Crippen LogP contribution in [0.25, 0.3) is 33.3 Å². The fourth-order valence-electron chi connectivity index (χ4n) is 4.43. The summed E-state index contributed by atoms with van der Waals surface area (Å²) in [6.07, 6.45) is 2.55. The first kappa shape index (κ1) is 17.6. The molecule has 0 radical (unpaired) electrons. The number of hydrogen-bond donors (Lipinski definition) is 2. The van der Waals surface area contributed by atoms with Crippen molar-refractivity contribution in [3.63, 3.8) is 0 Å². The van der Waals surface area contributed by atoms with Crippen molar-refractivity contribution in [1.82, 2.24) is 19.9 Å². The molecule has 1 atom stereocenters. The summed E-state index contributed by atoms with van der Waals surface area (Å²) < 4.78 is 5.36. The molecule has 0 amide bonds. The normalized spacial score (nSPS) is 20.3. The molecule has 1 unspecified atom stereocenters. The average molecular weight is 402 g/mol. The Kier molecular flexibility index (Phi) is 3.90. The van der Waals surface area contributed by atoms with Gasteiger partial charge < -0.3 is 20.2 Å². The molecule has 2 fully saturated rings. The van der Waals surface area contributed by atoms with E-state index in [1.54, 1.807) is 0 Å². The van der Waals surface area contributed by atoms with Gasteiger partial charge in [0.1, 0.15) is 11.3 Å². The molecular weight excluding hydrogens is 380 g/mol. The third kappa shape index (κ3) is 2.96. The Morgan fingerprint density at radius 3 is 2.57 bits per heavy atom. The third-order valence-corrected chi connectivity index (χ3v) is 6.16. The van der Waals surface area contributed by atoms with Crippen LogP contribution in [0.15, 0.2) is 47.0 Å². The number of β-amino-alcohol motifs (C(OH)–C–C–N with tert-alkyl or cyclic N) is 1. The molecule has 30 heavy (non-hydrogen) atoms. The Bertz CT molecular complexity index is 1250. The number of nitrogens with zero attached hydrogens (tertiary/aromatic N) is 5. The van der Waals surface area contributed by atoms with Crippen LogP contribution in [-0.4, -0.2) is 63.3 Å². The van der Waals surface area contributed by atoms with Crippen LogP contribution in [0.2, 0.25) is 0 Å². The van der Waals surface area contributed by atoms with Gasteiger partial charge in [0, 0.05) is 32.2 Å². The number of aliphatic hydroxyl groups excluding tert-OH is 1. The van der Waals surface area contributed by atoms with Gasteiger partial charge in [-0.3, -0.25) is 9.88 Å². The minimum atomic E-state index is -0.175. The van der Waals surface area contributed by atoms with Gasteiger partial charge in [-0.25, -0.2) is 4.98 Å². The monoisotopic (exact) mass is 402 g/mol. The molecule has 3 N–H and O–H groups in total. The number of aromatic nitrogens is 3. The summed E-state index contributed by atoms with van der Waals surface area (Å²) in [7, 11) is 0. The molecule has 152 valence electrons. The van der Waals surface area contributed by atoms with E-state index in [0.717, 1.165) is 66.1 Å². The Morgan fingerprint density at radius 2 is 1.77 bits per heavy atom. The second-order valence-corrected chi connectivity index (χ2v) is 8.16. The second kappa shape index (κ2) is 6.65. The molecule has 6 rings (SSSR count). The highest BCUT2D eigenvalue weighted by Crippen LogP contribution is 2.29. The summed E-state index contributed by atoms with van der Waals surface area (Å²) in [5.74, 6) is 0.898. The molecule has 0 spiro atoms. The summed E-state index contributed by atoms with van der Waals surface area (Å²) in [6.45, 7) is 3.62. The lowest BCUT2D eigenvalue weighted by atomic mass is 10.0. The van der Waals surface area contributed by atoms with Crippen LogP contribution >= 0.6 is 0 Å². The molecule has 8 heteroatoms. The van der Waals surface area contributed by atoms with Crippen molar-refractivity contribution in [2.75, 3.05) is 36.8 Å². The van der Waals surface area contributed by atoms with E-state index in [0.29, 0.717) is 11.6 Å². The van der Waals surface area contributed by atoms with Crippen LogP contribution in [0.3, 0.4) is 0 Å². The second-order valence-electron chi connectivity index (χ2n) is 8.16. The molecular formula is C22H22N6O2. The van der Waals surface area contributed by atoms with Gasteiger partial charge in [-0.1, -0.05) is 12.1 Å². The van der Waals surface area contributed by atoms with Crippen molar-refractivity contribution >= 4 is 34.0 Å². The minimum absolute atomic E-state index is 0.174. The van der Waals surface area contributed by atoms with Gasteiger partial charge in [0.2, 0.25) is 0 Å². The Balaban J connectivity index is 1.26. The first-order chi connectivity index (χ1) is 14.6. The molecule has 2 aromatic carbocycles. The smallest absolute Gasteiger partial charge is 0.292 e. The molecule has 0 bridgehead atoms. The van der Waals surface area contributed by atoms with E-state index in [4.69, 9.17) is 15.1 Å². The highest BCUT2D eigenvalue weighted by molar-refractivity contribution is 5.86. The molecule has 4 heterocycles. The SMILES string of the molecule is Nc1nc2cc(-c3ccc4ncc(N5CC(N6CCC(O)C6)C5)nc4c3)ccc2o1. The predicted molar refractivity (Wildman–Crippen MR) is 115 cm³/mol. The molecule has 2 saturated heterocycles.